The second kappa shape index (κ2) is 6.40. The van der Waals surface area contributed by atoms with Crippen LogP contribution in [0.4, 0.5) is 4.79 Å². The van der Waals surface area contributed by atoms with Gasteiger partial charge in [0.2, 0.25) is 0 Å². The van der Waals surface area contributed by atoms with Gasteiger partial charge in [0.25, 0.3) is 5.91 Å². The quantitative estimate of drug-likeness (QED) is 0.519. The molecule has 1 unspecified atom stereocenters. The van der Waals surface area contributed by atoms with Gasteiger partial charge in [-0.2, -0.15) is 0 Å². The van der Waals surface area contributed by atoms with Crippen molar-refractivity contribution < 1.29 is 29.0 Å². The van der Waals surface area contributed by atoms with Gasteiger partial charge in [0, 0.05) is 26.1 Å². The Kier molecular flexibility index (Phi) is 4.79. The van der Waals surface area contributed by atoms with Crippen molar-refractivity contribution >= 4 is 17.9 Å². The molecule has 0 aromatic heterocycles. The predicted octanol–water partition coefficient (Wildman–Crippen LogP) is -0.598. The van der Waals surface area contributed by atoms with Gasteiger partial charge in [-0.1, -0.05) is 0 Å². The summed E-state index contributed by atoms with van der Waals surface area (Å²) < 4.78 is 9.92. The third-order valence-corrected chi connectivity index (χ3v) is 3.69. The topological polar surface area (TPSA) is 105 Å². The Morgan fingerprint density at radius 1 is 1.48 bits per heavy atom. The third kappa shape index (κ3) is 3.33. The van der Waals surface area contributed by atoms with Gasteiger partial charge in [0.1, 0.15) is 5.54 Å². The summed E-state index contributed by atoms with van der Waals surface area (Å²) in [5, 5.41) is 12.5. The van der Waals surface area contributed by atoms with E-state index < -0.39 is 23.6 Å². The van der Waals surface area contributed by atoms with Gasteiger partial charge in [-0.3, -0.25) is 14.5 Å². The normalized spacial score (nSPS) is 22.3. The molecule has 0 aliphatic carbocycles. The maximum Gasteiger partial charge on any atom is 0.325 e. The van der Waals surface area contributed by atoms with Crippen molar-refractivity contribution in [3.63, 3.8) is 0 Å². The van der Waals surface area contributed by atoms with Crippen LogP contribution >= 0.6 is 0 Å². The molecule has 0 saturated carbocycles. The molecule has 8 heteroatoms. The number of hydrogen-bond acceptors (Lipinski definition) is 6. The number of esters is 1. The number of aliphatic hydroxyl groups excluding tert-OH is 1. The zero-order valence-electron chi connectivity index (χ0n) is 12.0. The number of amides is 3. The molecule has 2 aliphatic rings. The minimum Gasteiger partial charge on any atom is -0.466 e. The van der Waals surface area contributed by atoms with Crippen LogP contribution in [0.25, 0.3) is 0 Å². The monoisotopic (exact) mass is 300 g/mol. The van der Waals surface area contributed by atoms with Crippen LogP contribution in [0.3, 0.4) is 0 Å². The van der Waals surface area contributed by atoms with E-state index in [2.05, 4.69) is 5.32 Å². The largest absolute Gasteiger partial charge is 0.466 e. The molecule has 0 bridgehead atoms. The first-order valence-corrected chi connectivity index (χ1v) is 7.04. The van der Waals surface area contributed by atoms with Crippen molar-refractivity contribution in [3.8, 4) is 0 Å². The Bertz CT molecular complexity index is 432. The maximum atomic E-state index is 12.4. The summed E-state index contributed by atoms with van der Waals surface area (Å²) in [7, 11) is 0. The van der Waals surface area contributed by atoms with Crippen LogP contribution in [-0.2, 0) is 19.1 Å². The van der Waals surface area contributed by atoms with Crippen molar-refractivity contribution in [1.29, 1.82) is 0 Å². The lowest BCUT2D eigenvalue weighted by atomic mass is 9.90. The highest BCUT2D eigenvalue weighted by Crippen LogP contribution is 2.28. The number of imide groups is 1. The van der Waals surface area contributed by atoms with Crippen LogP contribution in [-0.4, -0.2) is 65.9 Å². The van der Waals surface area contributed by atoms with Gasteiger partial charge in [-0.05, 0) is 6.92 Å². The second-order valence-corrected chi connectivity index (χ2v) is 5.20. The number of carbonyl (C=O) groups is 3. The van der Waals surface area contributed by atoms with Gasteiger partial charge in [-0.25, -0.2) is 4.79 Å². The summed E-state index contributed by atoms with van der Waals surface area (Å²) in [6.45, 7) is 2.48. The molecule has 3 amide bonds. The smallest absolute Gasteiger partial charge is 0.325 e. The molecule has 2 N–H and O–H groups in total. The molecule has 8 nitrogen and oxygen atoms in total. The van der Waals surface area contributed by atoms with E-state index in [1.807, 2.05) is 0 Å². The SMILES string of the molecule is CCOC(=O)CC(O)CN1C(=O)NC2(CCOCC2)C1=O. The molecule has 21 heavy (non-hydrogen) atoms. The lowest BCUT2D eigenvalue weighted by molar-refractivity contribution is -0.146. The highest BCUT2D eigenvalue weighted by molar-refractivity contribution is 6.07. The van der Waals surface area contributed by atoms with E-state index in [0.29, 0.717) is 26.1 Å². The van der Waals surface area contributed by atoms with E-state index in [4.69, 9.17) is 9.47 Å². The molecular formula is C13H20N2O6. The lowest BCUT2D eigenvalue weighted by Gasteiger charge is -2.30. The minimum absolute atomic E-state index is 0.216. The number of urea groups is 1. The molecule has 0 aromatic carbocycles. The number of carbonyl (C=O) groups excluding carboxylic acids is 3. The number of nitrogens with zero attached hydrogens (tertiary/aromatic N) is 1. The van der Waals surface area contributed by atoms with E-state index in [1.54, 1.807) is 6.92 Å². The van der Waals surface area contributed by atoms with Gasteiger partial charge >= 0.3 is 12.0 Å². The van der Waals surface area contributed by atoms with Crippen molar-refractivity contribution in [3.05, 3.63) is 0 Å². The van der Waals surface area contributed by atoms with E-state index in [9.17, 15) is 19.5 Å². The van der Waals surface area contributed by atoms with Gasteiger partial charge in [0.05, 0.1) is 25.7 Å². The average Bonchev–Trinajstić information content (AvgIpc) is 2.64. The highest BCUT2D eigenvalue weighted by Gasteiger charge is 2.51. The Labute approximate surface area is 122 Å². The Hall–Kier alpha value is -1.67. The average molecular weight is 300 g/mol. The molecular weight excluding hydrogens is 280 g/mol. The van der Waals surface area contributed by atoms with Crippen molar-refractivity contribution in [2.75, 3.05) is 26.4 Å². The summed E-state index contributed by atoms with van der Waals surface area (Å²) in [5.74, 6) is -0.920. The molecule has 0 radical (unpaired) electrons. The number of aliphatic hydroxyl groups is 1. The summed E-state index contributed by atoms with van der Waals surface area (Å²) in [6, 6.07) is -0.537. The number of rotatable bonds is 5. The zero-order chi connectivity index (χ0) is 15.5. The maximum absolute atomic E-state index is 12.4. The molecule has 1 spiro atoms. The number of nitrogens with one attached hydrogen (secondary N) is 1. The predicted molar refractivity (Wildman–Crippen MR) is 70.3 cm³/mol. The molecule has 2 aliphatic heterocycles. The van der Waals surface area contributed by atoms with Crippen molar-refractivity contribution in [2.45, 2.75) is 37.8 Å². The summed E-state index contributed by atoms with van der Waals surface area (Å²) in [6.07, 6.45) is -0.542. The van der Waals surface area contributed by atoms with Crippen molar-refractivity contribution in [2.24, 2.45) is 0 Å². The fourth-order valence-corrected chi connectivity index (χ4v) is 2.59. The summed E-state index contributed by atoms with van der Waals surface area (Å²) in [5.41, 5.74) is -0.918. The molecule has 2 saturated heterocycles. The first kappa shape index (κ1) is 15.7. The summed E-state index contributed by atoms with van der Waals surface area (Å²) >= 11 is 0. The van der Waals surface area contributed by atoms with Crippen molar-refractivity contribution in [1.82, 2.24) is 10.2 Å². The minimum atomic E-state index is -1.13. The van der Waals surface area contributed by atoms with Crippen LogP contribution in [0.2, 0.25) is 0 Å². The lowest BCUT2D eigenvalue weighted by Crippen LogP contribution is -2.51. The Morgan fingerprint density at radius 3 is 2.76 bits per heavy atom. The standard InChI is InChI=1S/C13H20N2O6/c1-2-21-10(17)7-9(16)8-15-11(18)13(14-12(15)19)3-5-20-6-4-13/h9,16H,2-8H2,1H3,(H,14,19). The first-order chi connectivity index (χ1) is 9.98. The fourth-order valence-electron chi connectivity index (χ4n) is 2.59. The van der Waals surface area contributed by atoms with Gasteiger partial charge in [0.15, 0.2) is 0 Å². The van der Waals surface area contributed by atoms with E-state index >= 15 is 0 Å². The molecule has 0 aromatic rings. The van der Waals surface area contributed by atoms with Crippen LogP contribution in [0.15, 0.2) is 0 Å². The second-order valence-electron chi connectivity index (χ2n) is 5.20. The number of hydrogen-bond donors (Lipinski definition) is 2. The molecule has 1 atom stereocenters. The number of ether oxygens (including phenoxy) is 2. The first-order valence-electron chi connectivity index (χ1n) is 7.04. The Balaban J connectivity index is 1.95. The fraction of sp³-hybridized carbons (Fsp3) is 0.769. The zero-order valence-corrected chi connectivity index (χ0v) is 12.0. The van der Waals surface area contributed by atoms with E-state index in [1.165, 1.54) is 0 Å². The van der Waals surface area contributed by atoms with E-state index in [-0.39, 0.29) is 25.5 Å². The van der Waals surface area contributed by atoms with Crippen LogP contribution in [0, 0.1) is 0 Å². The molecule has 2 rings (SSSR count). The third-order valence-electron chi connectivity index (χ3n) is 3.69. The van der Waals surface area contributed by atoms with Crippen LogP contribution in [0.1, 0.15) is 26.2 Å². The van der Waals surface area contributed by atoms with Gasteiger partial charge < -0.3 is 19.9 Å². The molecule has 2 fully saturated rings. The summed E-state index contributed by atoms with van der Waals surface area (Å²) in [4.78, 5) is 36.6. The van der Waals surface area contributed by atoms with Crippen LogP contribution in [0.5, 0.6) is 0 Å². The molecule has 118 valence electrons. The van der Waals surface area contributed by atoms with Crippen LogP contribution < -0.4 is 5.32 Å². The number of β-amino-alcohol motifs (C(OH)–C–C–N with tert-alkyl or cyclic N) is 1. The van der Waals surface area contributed by atoms with Gasteiger partial charge in [-0.15, -0.1) is 0 Å². The Morgan fingerprint density at radius 2 is 2.14 bits per heavy atom. The molecule has 2 heterocycles. The van der Waals surface area contributed by atoms with E-state index in [0.717, 1.165) is 4.90 Å². The highest BCUT2D eigenvalue weighted by atomic mass is 16.5.